The zero-order valence-electron chi connectivity index (χ0n) is 16.7. The molecule has 0 radical (unpaired) electrons. The zero-order chi connectivity index (χ0) is 20.2. The van der Waals surface area contributed by atoms with Crippen molar-refractivity contribution in [1.82, 2.24) is 19.4 Å². The summed E-state index contributed by atoms with van der Waals surface area (Å²) in [5.41, 5.74) is 0. The lowest BCUT2D eigenvalue weighted by atomic mass is 10.0. The third kappa shape index (κ3) is 8.75. The van der Waals surface area contributed by atoms with E-state index in [1.54, 1.807) is 17.0 Å². The molecule has 154 valence electrons. The van der Waals surface area contributed by atoms with Crippen LogP contribution in [0.5, 0.6) is 0 Å². The Morgan fingerprint density at radius 2 is 2.00 bits per heavy atom. The molecular formula is C19H33ClN4O3. The largest absolute Gasteiger partial charge is 0.480 e. The van der Waals surface area contributed by atoms with Crippen LogP contribution in [-0.2, 0) is 22.6 Å². The van der Waals surface area contributed by atoms with Gasteiger partial charge in [-0.05, 0) is 33.4 Å². The van der Waals surface area contributed by atoms with Crippen molar-refractivity contribution in [1.29, 1.82) is 0 Å². The van der Waals surface area contributed by atoms with Crippen LogP contribution in [0.3, 0.4) is 0 Å². The number of alkyl halides is 1. The molecule has 0 atom stereocenters. The first-order chi connectivity index (χ1) is 12.9. The molecule has 0 aromatic carbocycles. The molecule has 1 amide bonds. The van der Waals surface area contributed by atoms with Crippen molar-refractivity contribution in [2.75, 3.05) is 33.1 Å². The molecule has 8 heteroatoms. The third-order valence-electron chi connectivity index (χ3n) is 4.70. The van der Waals surface area contributed by atoms with Crippen LogP contribution < -0.4 is 0 Å². The molecule has 27 heavy (non-hydrogen) atoms. The Labute approximate surface area is 167 Å². The minimum atomic E-state index is -0.906. The number of amides is 1. The SMILES string of the molecule is CCCCCl.CN(C)C1CCN(C(=O)CCc2nccn2CC(=O)O)CC1. The monoisotopic (exact) mass is 400 g/mol. The van der Waals surface area contributed by atoms with Gasteiger partial charge in [-0.25, -0.2) is 4.98 Å². The summed E-state index contributed by atoms with van der Waals surface area (Å²) in [5, 5.41) is 8.83. The number of imidazole rings is 1. The van der Waals surface area contributed by atoms with Gasteiger partial charge in [0.25, 0.3) is 0 Å². The van der Waals surface area contributed by atoms with Gasteiger partial charge in [-0.1, -0.05) is 13.3 Å². The van der Waals surface area contributed by atoms with Crippen molar-refractivity contribution in [3.63, 3.8) is 0 Å². The number of piperidine rings is 1. The fraction of sp³-hybridized carbons (Fsp3) is 0.737. The number of nitrogens with zero attached hydrogens (tertiary/aromatic N) is 4. The van der Waals surface area contributed by atoms with E-state index in [0.717, 1.165) is 38.2 Å². The second-order valence-corrected chi connectivity index (χ2v) is 7.36. The average Bonchev–Trinajstić information content (AvgIpc) is 3.07. The smallest absolute Gasteiger partial charge is 0.323 e. The van der Waals surface area contributed by atoms with E-state index in [-0.39, 0.29) is 12.5 Å². The summed E-state index contributed by atoms with van der Waals surface area (Å²) in [4.78, 5) is 31.3. The fourth-order valence-electron chi connectivity index (χ4n) is 3.00. The Bertz CT molecular complexity index is 567. The molecule has 1 fully saturated rings. The molecule has 0 spiro atoms. The van der Waals surface area contributed by atoms with Crippen LogP contribution in [0.1, 0.15) is 44.9 Å². The maximum absolute atomic E-state index is 12.3. The van der Waals surface area contributed by atoms with Gasteiger partial charge in [0.15, 0.2) is 0 Å². The summed E-state index contributed by atoms with van der Waals surface area (Å²) in [6.07, 6.45) is 8.45. The molecular weight excluding hydrogens is 368 g/mol. The highest BCUT2D eigenvalue weighted by Gasteiger charge is 2.23. The first-order valence-corrected chi connectivity index (χ1v) is 10.1. The van der Waals surface area contributed by atoms with Crippen LogP contribution in [0.25, 0.3) is 0 Å². The van der Waals surface area contributed by atoms with Gasteiger partial charge in [0.2, 0.25) is 5.91 Å². The van der Waals surface area contributed by atoms with Gasteiger partial charge in [-0.2, -0.15) is 0 Å². The maximum Gasteiger partial charge on any atom is 0.323 e. The Morgan fingerprint density at radius 1 is 1.33 bits per heavy atom. The maximum atomic E-state index is 12.3. The summed E-state index contributed by atoms with van der Waals surface area (Å²) in [6, 6.07) is 0.554. The summed E-state index contributed by atoms with van der Waals surface area (Å²) in [5.74, 6) is 0.689. The van der Waals surface area contributed by atoms with Crippen molar-refractivity contribution in [3.8, 4) is 0 Å². The number of carbonyl (C=O) groups excluding carboxylic acids is 1. The first-order valence-electron chi connectivity index (χ1n) is 9.61. The van der Waals surface area contributed by atoms with E-state index in [0.29, 0.717) is 24.7 Å². The number of aryl methyl sites for hydroxylation is 1. The molecule has 7 nitrogen and oxygen atoms in total. The minimum Gasteiger partial charge on any atom is -0.480 e. The molecule has 1 aromatic heterocycles. The molecule has 2 rings (SSSR count). The summed E-state index contributed by atoms with van der Waals surface area (Å²) >= 11 is 5.30. The van der Waals surface area contributed by atoms with Gasteiger partial charge < -0.3 is 19.5 Å². The Hall–Kier alpha value is -1.60. The van der Waals surface area contributed by atoms with Crippen LogP contribution in [0.2, 0.25) is 0 Å². The standard InChI is InChI=1S/C15H24N4O3.C4H9Cl/c1-17(2)12-5-8-18(9-6-12)14(20)4-3-13-16-7-10-19(13)11-15(21)22;1-2-3-4-5/h7,10,12H,3-6,8-9,11H2,1-2H3,(H,21,22);2-4H2,1H3. The van der Waals surface area contributed by atoms with Gasteiger partial charge >= 0.3 is 5.97 Å². The van der Waals surface area contributed by atoms with Gasteiger partial charge in [0.1, 0.15) is 12.4 Å². The predicted octanol–water partition coefficient (Wildman–Crippen LogP) is 2.48. The molecule has 1 saturated heterocycles. The number of rotatable bonds is 8. The lowest BCUT2D eigenvalue weighted by Crippen LogP contribution is -2.44. The lowest BCUT2D eigenvalue weighted by Gasteiger charge is -2.35. The van der Waals surface area contributed by atoms with Gasteiger partial charge in [0.05, 0.1) is 0 Å². The molecule has 0 bridgehead atoms. The quantitative estimate of drug-likeness (QED) is 0.678. The van der Waals surface area contributed by atoms with E-state index in [2.05, 4.69) is 30.9 Å². The number of aromatic nitrogens is 2. The molecule has 1 N–H and O–H groups in total. The van der Waals surface area contributed by atoms with E-state index in [1.807, 2.05) is 4.90 Å². The number of unbranched alkanes of at least 4 members (excludes halogenated alkanes) is 1. The predicted molar refractivity (Wildman–Crippen MR) is 107 cm³/mol. The van der Waals surface area contributed by atoms with Crippen LogP contribution >= 0.6 is 11.6 Å². The normalized spacial score (nSPS) is 14.8. The van der Waals surface area contributed by atoms with Crippen LogP contribution in [0, 0.1) is 0 Å². The van der Waals surface area contributed by atoms with Crippen LogP contribution in [0.15, 0.2) is 12.4 Å². The van der Waals surface area contributed by atoms with Crippen molar-refractivity contribution in [2.45, 2.75) is 58.0 Å². The van der Waals surface area contributed by atoms with Gasteiger partial charge in [-0.15, -0.1) is 11.6 Å². The molecule has 0 aliphatic carbocycles. The molecule has 0 saturated carbocycles. The minimum absolute atomic E-state index is 0.113. The highest BCUT2D eigenvalue weighted by molar-refractivity contribution is 6.17. The number of hydrogen-bond acceptors (Lipinski definition) is 4. The average molecular weight is 401 g/mol. The van der Waals surface area contributed by atoms with Gasteiger partial charge in [-0.3, -0.25) is 9.59 Å². The van der Waals surface area contributed by atoms with Crippen LogP contribution in [0.4, 0.5) is 0 Å². The zero-order valence-corrected chi connectivity index (χ0v) is 17.5. The van der Waals surface area contributed by atoms with Crippen molar-refractivity contribution < 1.29 is 14.7 Å². The highest BCUT2D eigenvalue weighted by atomic mass is 35.5. The second kappa shape index (κ2) is 12.7. The number of carboxylic acid groups (broad SMARTS) is 1. The number of carboxylic acids is 1. The number of halogens is 1. The highest BCUT2D eigenvalue weighted by Crippen LogP contribution is 2.15. The first kappa shape index (κ1) is 23.4. The van der Waals surface area contributed by atoms with Crippen molar-refractivity contribution in [3.05, 3.63) is 18.2 Å². The van der Waals surface area contributed by atoms with Crippen molar-refractivity contribution >= 4 is 23.5 Å². The molecule has 1 aromatic rings. The number of aliphatic carboxylic acids is 1. The molecule has 1 aliphatic rings. The van der Waals surface area contributed by atoms with E-state index in [4.69, 9.17) is 16.7 Å². The summed E-state index contributed by atoms with van der Waals surface area (Å²) in [6.45, 7) is 3.61. The summed E-state index contributed by atoms with van der Waals surface area (Å²) in [7, 11) is 4.15. The van der Waals surface area contributed by atoms with E-state index in [1.165, 1.54) is 6.42 Å². The molecule has 0 unspecified atom stereocenters. The number of likely N-dealkylation sites (tertiary alicyclic amines) is 1. The van der Waals surface area contributed by atoms with Crippen molar-refractivity contribution in [2.24, 2.45) is 0 Å². The molecule has 2 heterocycles. The van der Waals surface area contributed by atoms with Gasteiger partial charge in [0, 0.05) is 50.2 Å². The lowest BCUT2D eigenvalue weighted by molar-refractivity contribution is -0.137. The van der Waals surface area contributed by atoms with E-state index >= 15 is 0 Å². The summed E-state index contributed by atoms with van der Waals surface area (Å²) < 4.78 is 1.58. The number of carbonyl (C=O) groups is 2. The number of hydrogen-bond donors (Lipinski definition) is 1. The Kier molecular flexibility index (Phi) is 11.0. The molecule has 1 aliphatic heterocycles. The van der Waals surface area contributed by atoms with E-state index in [9.17, 15) is 9.59 Å². The van der Waals surface area contributed by atoms with Crippen LogP contribution in [-0.4, -0.2) is 75.4 Å². The third-order valence-corrected chi connectivity index (χ3v) is 4.97. The fourth-order valence-corrected chi connectivity index (χ4v) is 3.27. The second-order valence-electron chi connectivity index (χ2n) is 6.98. The van der Waals surface area contributed by atoms with E-state index < -0.39 is 5.97 Å². The Balaban J connectivity index is 0.000000646. The topological polar surface area (TPSA) is 78.7 Å². The Morgan fingerprint density at radius 3 is 2.48 bits per heavy atom.